The summed E-state index contributed by atoms with van der Waals surface area (Å²) < 4.78 is 96.2. The number of rotatable bonds is 5. The van der Waals surface area contributed by atoms with Crippen LogP contribution < -0.4 is 22.9 Å². The molecular formula is C19H24F2N8O12P2S. The molecule has 2 fully saturated rings. The van der Waals surface area contributed by atoms with Crippen molar-refractivity contribution in [1.82, 2.24) is 29.1 Å². The number of hydrogen-bond acceptors (Lipinski definition) is 17. The Balaban J connectivity index is 1.56. The first kappa shape index (κ1) is 32.7. The topological polar surface area (TPSA) is 269 Å². The largest absolute Gasteiger partial charge is 0.474 e. The summed E-state index contributed by atoms with van der Waals surface area (Å²) in [5, 5.41) is 0. The van der Waals surface area contributed by atoms with Gasteiger partial charge in [-0.15, -0.1) is 0 Å². The first-order valence-electron chi connectivity index (χ1n) is 12.2. The van der Waals surface area contributed by atoms with Crippen LogP contribution in [0.3, 0.4) is 0 Å². The molecule has 0 amide bonds. The number of imidazole rings is 1. The molecular weight excluding hydrogens is 664 g/mol. The van der Waals surface area contributed by atoms with Crippen molar-refractivity contribution < 1.29 is 54.7 Å². The van der Waals surface area contributed by atoms with Crippen LogP contribution in [0.25, 0.3) is 11.2 Å². The number of nitrogens with one attached hydrogen (secondary N) is 1. The summed E-state index contributed by atoms with van der Waals surface area (Å²) in [6.45, 7) is -6.67. The molecule has 0 saturated carbocycles. The molecule has 2 aliphatic rings. The Kier molecular flexibility index (Phi) is 9.66. The van der Waals surface area contributed by atoms with Crippen LogP contribution in [0.5, 0.6) is 0 Å². The third-order valence-corrected chi connectivity index (χ3v) is 9.98. The van der Waals surface area contributed by atoms with Gasteiger partial charge in [0, 0.05) is 19.4 Å². The van der Waals surface area contributed by atoms with E-state index in [1.807, 2.05) is 4.98 Å². The Morgan fingerprint density at radius 3 is 2.59 bits per heavy atom. The van der Waals surface area contributed by atoms with E-state index in [0.717, 1.165) is 36.6 Å². The van der Waals surface area contributed by atoms with E-state index in [9.17, 15) is 23.6 Å². The predicted molar refractivity (Wildman–Crippen MR) is 143 cm³/mol. The molecule has 0 spiro atoms. The Bertz CT molecular complexity index is 1710. The van der Waals surface area contributed by atoms with Gasteiger partial charge >= 0.3 is 20.3 Å². The van der Waals surface area contributed by atoms with E-state index in [0.29, 0.717) is 4.57 Å². The van der Waals surface area contributed by atoms with Gasteiger partial charge in [-0.2, -0.15) is 0 Å². The number of halogens is 2. The number of anilines is 1. The van der Waals surface area contributed by atoms with Crippen LogP contribution in [0, 0.1) is 0 Å². The molecule has 0 aromatic carbocycles. The fraction of sp³-hybridized carbons (Fsp3) is 0.526. The number of methoxy groups -OCH3 is 1. The van der Waals surface area contributed by atoms with Gasteiger partial charge in [0.1, 0.15) is 41.8 Å². The second-order valence-corrected chi connectivity index (χ2v) is 14.0. The summed E-state index contributed by atoms with van der Waals surface area (Å²) in [6.07, 6.45) is -11.1. The fourth-order valence-corrected chi connectivity index (χ4v) is 7.37. The van der Waals surface area contributed by atoms with Crippen molar-refractivity contribution in [2.75, 3.05) is 26.1 Å². The van der Waals surface area contributed by atoms with E-state index in [2.05, 4.69) is 19.2 Å². The molecule has 3 aromatic heterocycles. The molecule has 0 aliphatic carbocycles. The summed E-state index contributed by atoms with van der Waals surface area (Å²) >= 11 is -0.0760. The van der Waals surface area contributed by atoms with E-state index in [-0.39, 0.29) is 28.6 Å². The van der Waals surface area contributed by atoms with Gasteiger partial charge in [-0.25, -0.2) is 47.8 Å². The number of hydrogen-bond donors (Lipinski definition) is 4. The average molecular weight is 688 g/mol. The van der Waals surface area contributed by atoms with Gasteiger partial charge in [0.05, 0.1) is 19.5 Å². The molecule has 5 rings (SSSR count). The first-order valence-corrected chi connectivity index (χ1v) is 16.6. The average Bonchev–Trinajstić information content (AvgIpc) is 3.53. The molecule has 44 heavy (non-hydrogen) atoms. The second-order valence-electron chi connectivity index (χ2n) is 9.07. The Morgan fingerprint density at radius 2 is 1.89 bits per heavy atom. The summed E-state index contributed by atoms with van der Waals surface area (Å²) in [7, 11) is -4.25. The van der Waals surface area contributed by atoms with Crippen LogP contribution in [0.4, 0.5) is 14.6 Å². The van der Waals surface area contributed by atoms with Crippen LogP contribution >= 0.6 is 26.3 Å². The number of aromatic nitrogens is 6. The third kappa shape index (κ3) is 6.64. The number of H-pyrrole nitrogens is 1. The zero-order valence-corrected chi connectivity index (χ0v) is 24.8. The standard InChI is InChI=1S/C19H24F2N8O12P2S/c1-35-8-4-37-43(34,44-41-23)39-14-11(20)9(38-18(14)28-3-2-10(30)27-19(28)31)5-36-42(32,33)40-17(12(8)21)29-7-26-13-15(22)24-6-25-16(13)29/h2-3,6-9,11-12,14,17-18H,4-5,23H2,1H3,(H,32,33)(H2,22,24,25)(H,27,30,31)/t8-,9-,11-,12-,14-,17-,18-,43?/m1/s1. The van der Waals surface area contributed by atoms with Gasteiger partial charge in [0.15, 0.2) is 36.3 Å². The minimum absolute atomic E-state index is 0.00906. The summed E-state index contributed by atoms with van der Waals surface area (Å²) in [5.74, 6) is 4.97. The molecule has 2 saturated heterocycles. The van der Waals surface area contributed by atoms with Crippen LogP contribution in [-0.2, 0) is 41.0 Å². The fourth-order valence-electron chi connectivity index (χ4n) is 4.36. The highest BCUT2D eigenvalue weighted by Gasteiger charge is 2.53. The minimum Gasteiger partial charge on any atom is -0.382 e. The maximum atomic E-state index is 16.2. The van der Waals surface area contributed by atoms with E-state index >= 15 is 8.78 Å². The predicted octanol–water partition coefficient (Wildman–Crippen LogP) is 0.241. The van der Waals surface area contributed by atoms with Crippen molar-refractivity contribution in [1.29, 1.82) is 0 Å². The van der Waals surface area contributed by atoms with Crippen LogP contribution in [0.1, 0.15) is 12.5 Å². The summed E-state index contributed by atoms with van der Waals surface area (Å²) in [6, 6.07) is 0.911. The number of phosphoric ester groups is 1. The van der Waals surface area contributed by atoms with Crippen molar-refractivity contribution >= 4 is 43.3 Å². The molecule has 3 aromatic rings. The van der Waals surface area contributed by atoms with E-state index in [1.54, 1.807) is 0 Å². The maximum absolute atomic E-state index is 16.2. The number of phosphoric acid groups is 1. The highest BCUT2D eigenvalue weighted by Crippen LogP contribution is 2.63. The van der Waals surface area contributed by atoms with Crippen molar-refractivity contribution in [3.8, 4) is 0 Å². The molecule has 5 heterocycles. The van der Waals surface area contributed by atoms with Gasteiger partial charge in [0.25, 0.3) is 5.56 Å². The lowest BCUT2D eigenvalue weighted by molar-refractivity contribution is -0.0799. The number of nitrogens with zero attached hydrogens (tertiary/aromatic N) is 5. The van der Waals surface area contributed by atoms with Gasteiger partial charge in [0.2, 0.25) is 0 Å². The highest BCUT2D eigenvalue weighted by molar-refractivity contribution is 8.52. The summed E-state index contributed by atoms with van der Waals surface area (Å²) in [5.41, 5.74) is 3.80. The Labute approximate surface area is 248 Å². The van der Waals surface area contributed by atoms with Crippen molar-refractivity contribution in [3.63, 3.8) is 0 Å². The van der Waals surface area contributed by atoms with Gasteiger partial charge < -0.3 is 20.1 Å². The van der Waals surface area contributed by atoms with Crippen LogP contribution in [0.2, 0.25) is 0 Å². The number of aromatic amines is 1. The number of fused-ring (bicyclic) bond motifs is 3. The van der Waals surface area contributed by atoms with E-state index < -0.39 is 82.2 Å². The van der Waals surface area contributed by atoms with Crippen molar-refractivity contribution in [2.24, 2.45) is 5.90 Å². The zero-order chi connectivity index (χ0) is 31.8. The molecule has 2 unspecified atom stereocenters. The maximum Gasteiger partial charge on any atom is 0.474 e. The third-order valence-electron chi connectivity index (χ3n) is 6.41. The smallest absolute Gasteiger partial charge is 0.382 e. The number of nitrogen functional groups attached to an aromatic ring is 1. The van der Waals surface area contributed by atoms with Crippen LogP contribution in [-0.4, -0.2) is 84.9 Å². The summed E-state index contributed by atoms with van der Waals surface area (Å²) in [4.78, 5) is 48.3. The molecule has 9 atom stereocenters. The van der Waals surface area contributed by atoms with Crippen molar-refractivity contribution in [3.05, 3.63) is 45.8 Å². The Hall–Kier alpha value is -2.66. The minimum atomic E-state index is -5.29. The van der Waals surface area contributed by atoms with Gasteiger partial charge in [-0.1, -0.05) is 0 Å². The normalized spacial score (nSPS) is 35.4. The first-order chi connectivity index (χ1) is 20.9. The van der Waals surface area contributed by atoms with Crippen molar-refractivity contribution in [2.45, 2.75) is 43.1 Å². The Morgan fingerprint density at radius 1 is 1.11 bits per heavy atom. The molecule has 6 N–H and O–H groups in total. The second kappa shape index (κ2) is 13.0. The molecule has 20 nitrogen and oxygen atoms in total. The molecule has 0 radical (unpaired) electrons. The SMILES string of the molecule is CO[C@@H]1COP(=O)(SON)O[C@@H]2[C@H](F)[C@@H](COP(=O)(O)O[C@@H](n3cnc4c(N)ncnc43)[C@@H]1F)O[C@H]2n1ccc(=O)[nH]c1=O. The number of ether oxygens (including phenoxy) is 2. The molecule has 242 valence electrons. The van der Waals surface area contributed by atoms with E-state index in [4.69, 9.17) is 39.2 Å². The lowest BCUT2D eigenvalue weighted by Gasteiger charge is -2.30. The molecule has 2 aliphatic heterocycles. The van der Waals surface area contributed by atoms with Gasteiger partial charge in [-0.05, 0) is 0 Å². The molecule has 2 bridgehead atoms. The zero-order valence-electron chi connectivity index (χ0n) is 22.2. The monoisotopic (exact) mass is 688 g/mol. The van der Waals surface area contributed by atoms with Crippen LogP contribution in [0.15, 0.2) is 34.5 Å². The van der Waals surface area contributed by atoms with Gasteiger partial charge in [-0.3, -0.25) is 37.0 Å². The number of alkyl halides is 2. The number of nitrogens with two attached hydrogens (primary N) is 2. The lowest BCUT2D eigenvalue weighted by atomic mass is 10.1. The lowest BCUT2D eigenvalue weighted by Crippen LogP contribution is -2.39. The van der Waals surface area contributed by atoms with E-state index in [1.165, 1.54) is 0 Å². The quantitative estimate of drug-likeness (QED) is 0.159. The highest BCUT2D eigenvalue weighted by atomic mass is 32.7. The molecule has 25 heteroatoms.